The van der Waals surface area contributed by atoms with Crippen LogP contribution in [0.15, 0.2) is 64.6 Å². The number of hydrazone groups is 1. The summed E-state index contributed by atoms with van der Waals surface area (Å²) in [6.45, 7) is 0. The van der Waals surface area contributed by atoms with Gasteiger partial charge in [-0.1, -0.05) is 30.3 Å². The van der Waals surface area contributed by atoms with E-state index >= 15 is 0 Å². The van der Waals surface area contributed by atoms with Gasteiger partial charge in [-0.25, -0.2) is 4.83 Å². The summed E-state index contributed by atoms with van der Waals surface area (Å²) in [7, 11) is -3.79. The lowest BCUT2D eigenvalue weighted by atomic mass is 10.1. The van der Waals surface area contributed by atoms with E-state index in [4.69, 9.17) is 0 Å². The molecule has 22 heavy (non-hydrogen) atoms. The minimum absolute atomic E-state index is 0.0413. The highest BCUT2D eigenvalue weighted by molar-refractivity contribution is 7.89. The topological polar surface area (TPSA) is 58.5 Å². The number of rotatable bonds is 4. The second-order valence-electron chi connectivity index (χ2n) is 4.29. The van der Waals surface area contributed by atoms with Crippen LogP contribution in [0.4, 0.5) is 13.2 Å². The number of alkyl halides is 3. The number of nitrogens with one attached hydrogen (secondary N) is 1. The number of halogens is 3. The summed E-state index contributed by atoms with van der Waals surface area (Å²) in [5, 5.41) is 3.54. The van der Waals surface area contributed by atoms with Crippen LogP contribution in [0.2, 0.25) is 0 Å². The highest BCUT2D eigenvalue weighted by Crippen LogP contribution is 2.28. The summed E-state index contributed by atoms with van der Waals surface area (Å²) in [5.74, 6) is 0. The smallest absolute Gasteiger partial charge is 0.200 e. The number of hydrogen-bond acceptors (Lipinski definition) is 3. The molecule has 0 aliphatic heterocycles. The third-order valence-electron chi connectivity index (χ3n) is 2.68. The lowest BCUT2D eigenvalue weighted by molar-refractivity contribution is -0.137. The molecule has 0 heterocycles. The monoisotopic (exact) mass is 328 g/mol. The van der Waals surface area contributed by atoms with Crippen molar-refractivity contribution in [3.05, 3.63) is 65.7 Å². The standard InChI is InChI=1S/C14H11F3N2O2S/c15-14(16,17)12-8-6-11(7-9-12)10-18-19-22(20,21)13-4-2-1-3-5-13/h1-10,19H/b18-10-. The predicted molar refractivity (Wildman–Crippen MR) is 75.8 cm³/mol. The molecule has 0 atom stereocenters. The lowest BCUT2D eigenvalue weighted by Gasteiger charge is -2.06. The molecule has 2 aromatic rings. The quantitative estimate of drug-likeness (QED) is 0.693. The average Bonchev–Trinajstić information content (AvgIpc) is 2.48. The summed E-state index contributed by atoms with van der Waals surface area (Å²) in [5.41, 5.74) is -0.446. The molecule has 0 bridgehead atoms. The fourth-order valence-electron chi connectivity index (χ4n) is 1.58. The van der Waals surface area contributed by atoms with Crippen molar-refractivity contribution in [2.75, 3.05) is 0 Å². The zero-order valence-corrected chi connectivity index (χ0v) is 11.9. The van der Waals surface area contributed by atoms with Crippen molar-refractivity contribution in [3.8, 4) is 0 Å². The van der Waals surface area contributed by atoms with Gasteiger partial charge in [0.15, 0.2) is 0 Å². The van der Waals surface area contributed by atoms with E-state index in [9.17, 15) is 21.6 Å². The SMILES string of the molecule is O=S(=O)(N/N=C\c1ccc(C(F)(F)F)cc1)c1ccccc1. The average molecular weight is 328 g/mol. The fraction of sp³-hybridized carbons (Fsp3) is 0.0714. The van der Waals surface area contributed by atoms with Crippen molar-refractivity contribution >= 4 is 16.2 Å². The first-order chi connectivity index (χ1) is 10.3. The van der Waals surface area contributed by atoms with Gasteiger partial charge < -0.3 is 0 Å². The van der Waals surface area contributed by atoms with Crippen LogP contribution in [0.3, 0.4) is 0 Å². The molecule has 0 radical (unpaired) electrons. The molecule has 0 saturated carbocycles. The Morgan fingerprint density at radius 3 is 2.09 bits per heavy atom. The highest BCUT2D eigenvalue weighted by atomic mass is 32.2. The molecule has 0 unspecified atom stereocenters. The molecule has 116 valence electrons. The predicted octanol–water partition coefficient (Wildman–Crippen LogP) is 3.02. The third-order valence-corrected chi connectivity index (χ3v) is 3.92. The van der Waals surface area contributed by atoms with E-state index in [1.165, 1.54) is 24.3 Å². The van der Waals surface area contributed by atoms with Crippen molar-refractivity contribution in [1.29, 1.82) is 0 Å². The number of nitrogens with zero attached hydrogens (tertiary/aromatic N) is 1. The Hall–Kier alpha value is -2.35. The van der Waals surface area contributed by atoms with Crippen LogP contribution in [-0.2, 0) is 16.2 Å². The summed E-state index contributed by atoms with van der Waals surface area (Å²) in [4.78, 5) is 2.03. The van der Waals surface area contributed by atoms with Gasteiger partial charge in [0.2, 0.25) is 0 Å². The highest BCUT2D eigenvalue weighted by Gasteiger charge is 2.29. The van der Waals surface area contributed by atoms with Crippen molar-refractivity contribution < 1.29 is 21.6 Å². The Morgan fingerprint density at radius 1 is 0.955 bits per heavy atom. The van der Waals surface area contributed by atoms with E-state index in [2.05, 4.69) is 5.10 Å². The van der Waals surface area contributed by atoms with Crippen LogP contribution >= 0.6 is 0 Å². The van der Waals surface area contributed by atoms with E-state index < -0.39 is 21.8 Å². The molecule has 0 saturated heterocycles. The molecule has 4 nitrogen and oxygen atoms in total. The van der Waals surface area contributed by atoms with E-state index in [1.54, 1.807) is 18.2 Å². The zero-order valence-electron chi connectivity index (χ0n) is 11.1. The third kappa shape index (κ3) is 4.08. The molecular weight excluding hydrogens is 317 g/mol. The van der Waals surface area contributed by atoms with Crippen LogP contribution in [0.25, 0.3) is 0 Å². The maximum Gasteiger partial charge on any atom is 0.416 e. The number of hydrogen-bond donors (Lipinski definition) is 1. The summed E-state index contributed by atoms with van der Waals surface area (Å²) >= 11 is 0. The minimum atomic E-state index is -4.41. The molecule has 2 rings (SSSR count). The first kappa shape index (κ1) is 16.0. The van der Waals surface area contributed by atoms with E-state index in [0.29, 0.717) is 5.56 Å². The van der Waals surface area contributed by atoms with Crippen LogP contribution in [0, 0.1) is 0 Å². The maximum absolute atomic E-state index is 12.4. The molecule has 0 aromatic heterocycles. The summed E-state index contributed by atoms with van der Waals surface area (Å²) in [6, 6.07) is 11.8. The van der Waals surface area contributed by atoms with Gasteiger partial charge in [-0.3, -0.25) is 0 Å². The Morgan fingerprint density at radius 2 is 1.55 bits per heavy atom. The van der Waals surface area contributed by atoms with Gasteiger partial charge in [0, 0.05) is 0 Å². The molecule has 0 amide bonds. The second kappa shape index (κ2) is 6.18. The van der Waals surface area contributed by atoms with Crippen molar-refractivity contribution in [2.45, 2.75) is 11.1 Å². The van der Waals surface area contributed by atoms with Gasteiger partial charge in [-0.2, -0.15) is 26.7 Å². The summed E-state index contributed by atoms with van der Waals surface area (Å²) < 4.78 is 60.8. The van der Waals surface area contributed by atoms with Gasteiger partial charge in [0.1, 0.15) is 0 Å². The second-order valence-corrected chi connectivity index (χ2v) is 5.95. The first-order valence-electron chi connectivity index (χ1n) is 6.06. The molecule has 2 aromatic carbocycles. The summed E-state index contributed by atoms with van der Waals surface area (Å²) in [6.07, 6.45) is -3.29. The largest absolute Gasteiger partial charge is 0.416 e. The van der Waals surface area contributed by atoms with Crippen LogP contribution in [0.1, 0.15) is 11.1 Å². The zero-order chi connectivity index (χ0) is 16.2. The molecule has 0 aliphatic rings. The fourth-order valence-corrected chi connectivity index (χ4v) is 2.39. The molecule has 0 spiro atoms. The molecule has 8 heteroatoms. The van der Waals surface area contributed by atoms with E-state index in [-0.39, 0.29) is 4.90 Å². The van der Waals surface area contributed by atoms with E-state index in [0.717, 1.165) is 18.3 Å². The van der Waals surface area contributed by atoms with Crippen LogP contribution in [-0.4, -0.2) is 14.6 Å². The minimum Gasteiger partial charge on any atom is -0.200 e. The Balaban J connectivity index is 2.07. The Kier molecular flexibility index (Phi) is 4.51. The lowest BCUT2D eigenvalue weighted by Crippen LogP contribution is -2.18. The first-order valence-corrected chi connectivity index (χ1v) is 7.54. The van der Waals surface area contributed by atoms with Gasteiger partial charge >= 0.3 is 6.18 Å². The van der Waals surface area contributed by atoms with Gasteiger partial charge in [-0.05, 0) is 29.8 Å². The number of benzene rings is 2. The normalized spacial score (nSPS) is 12.5. The van der Waals surface area contributed by atoms with Crippen molar-refractivity contribution in [1.82, 2.24) is 4.83 Å². The Bertz CT molecular complexity index is 755. The van der Waals surface area contributed by atoms with Gasteiger partial charge in [0.05, 0.1) is 16.7 Å². The van der Waals surface area contributed by atoms with Crippen molar-refractivity contribution in [2.24, 2.45) is 5.10 Å². The molecular formula is C14H11F3N2O2S. The van der Waals surface area contributed by atoms with Crippen LogP contribution in [0.5, 0.6) is 0 Å². The van der Waals surface area contributed by atoms with Gasteiger partial charge in [0.25, 0.3) is 10.0 Å². The van der Waals surface area contributed by atoms with E-state index in [1.807, 2.05) is 4.83 Å². The van der Waals surface area contributed by atoms with Gasteiger partial charge in [-0.15, -0.1) is 0 Å². The molecule has 1 N–H and O–H groups in total. The number of sulfonamides is 1. The maximum atomic E-state index is 12.4. The molecule has 0 aliphatic carbocycles. The molecule has 0 fully saturated rings. The Labute approximate surface area is 125 Å². The van der Waals surface area contributed by atoms with Crippen LogP contribution < -0.4 is 4.83 Å². The van der Waals surface area contributed by atoms with Crippen molar-refractivity contribution in [3.63, 3.8) is 0 Å².